The lowest BCUT2D eigenvalue weighted by Crippen LogP contribution is -2.08. The van der Waals surface area contributed by atoms with Crippen LogP contribution in [0.5, 0.6) is 0 Å². The number of halogens is 1. The summed E-state index contributed by atoms with van der Waals surface area (Å²) in [6.07, 6.45) is 5.09. The predicted molar refractivity (Wildman–Crippen MR) is 51.7 cm³/mol. The normalized spacial score (nSPS) is 23.6. The first-order valence-corrected chi connectivity index (χ1v) is 4.45. The molecule has 1 aliphatic carbocycles. The minimum absolute atomic E-state index is 0.488. The van der Waals surface area contributed by atoms with Gasteiger partial charge in [0.2, 0.25) is 0 Å². The van der Waals surface area contributed by atoms with Gasteiger partial charge in [-0.3, -0.25) is 0 Å². The number of rotatable bonds is 2. The molecule has 1 nitrogen and oxygen atoms in total. The van der Waals surface area contributed by atoms with Crippen LogP contribution in [0.4, 0.5) is 0 Å². The molecule has 0 amide bonds. The van der Waals surface area contributed by atoms with Crippen molar-refractivity contribution in [2.75, 3.05) is 7.11 Å². The van der Waals surface area contributed by atoms with Crippen molar-refractivity contribution in [3.63, 3.8) is 0 Å². The van der Waals surface area contributed by atoms with Gasteiger partial charge in [-0.05, 0) is 24.3 Å². The van der Waals surface area contributed by atoms with Gasteiger partial charge in [-0.1, -0.05) is 31.5 Å². The number of methoxy groups -OCH3 is 1. The van der Waals surface area contributed by atoms with Crippen LogP contribution in [0.25, 0.3) is 0 Å². The number of allylic oxidation sites excluding steroid dienone is 3. The van der Waals surface area contributed by atoms with Gasteiger partial charge in [-0.2, -0.15) is 0 Å². The molecule has 0 spiro atoms. The summed E-state index contributed by atoms with van der Waals surface area (Å²) in [4.78, 5) is 0. The third-order valence-corrected chi connectivity index (χ3v) is 2.44. The molecule has 0 saturated heterocycles. The molecule has 0 aliphatic heterocycles. The summed E-state index contributed by atoms with van der Waals surface area (Å²) in [5.41, 5.74) is 0. The molecule has 67 valence electrons. The molecular formula is C10H14ClO. The second kappa shape index (κ2) is 3.99. The fourth-order valence-electron chi connectivity index (χ4n) is 1.23. The SMILES string of the molecule is COC1=CC([C](C)C)CC=C1Cl. The van der Waals surface area contributed by atoms with Crippen LogP contribution in [-0.2, 0) is 4.74 Å². The van der Waals surface area contributed by atoms with Gasteiger partial charge >= 0.3 is 0 Å². The van der Waals surface area contributed by atoms with Crippen molar-refractivity contribution in [2.24, 2.45) is 5.92 Å². The predicted octanol–water partition coefficient (Wildman–Crippen LogP) is 3.27. The Bertz CT molecular complexity index is 216. The van der Waals surface area contributed by atoms with E-state index in [0.717, 1.165) is 17.2 Å². The Hall–Kier alpha value is -0.430. The highest BCUT2D eigenvalue weighted by Crippen LogP contribution is 2.30. The molecule has 0 heterocycles. The molecule has 12 heavy (non-hydrogen) atoms. The van der Waals surface area contributed by atoms with E-state index in [-0.39, 0.29) is 0 Å². The van der Waals surface area contributed by atoms with E-state index >= 15 is 0 Å². The first-order valence-electron chi connectivity index (χ1n) is 4.07. The molecule has 0 aromatic rings. The van der Waals surface area contributed by atoms with Crippen LogP contribution in [0, 0.1) is 11.8 Å². The molecule has 0 N–H and O–H groups in total. The molecule has 2 heteroatoms. The molecule has 1 radical (unpaired) electrons. The standard InChI is InChI=1S/C10H14ClO/c1-7(2)8-4-5-9(11)10(6-8)12-3/h5-6,8H,4H2,1-3H3. The maximum Gasteiger partial charge on any atom is 0.133 e. The van der Waals surface area contributed by atoms with Crippen LogP contribution in [0.15, 0.2) is 22.9 Å². The molecule has 1 atom stereocenters. The van der Waals surface area contributed by atoms with E-state index in [1.54, 1.807) is 7.11 Å². The topological polar surface area (TPSA) is 9.23 Å². The molecule has 1 aliphatic rings. The zero-order chi connectivity index (χ0) is 9.14. The molecular weight excluding hydrogens is 172 g/mol. The summed E-state index contributed by atoms with van der Waals surface area (Å²) < 4.78 is 5.13. The third-order valence-electron chi connectivity index (χ3n) is 2.10. The van der Waals surface area contributed by atoms with Crippen LogP contribution in [0.1, 0.15) is 20.3 Å². The molecule has 1 unspecified atom stereocenters. The van der Waals surface area contributed by atoms with Crippen LogP contribution in [-0.4, -0.2) is 7.11 Å². The highest BCUT2D eigenvalue weighted by atomic mass is 35.5. The minimum atomic E-state index is 0.488. The monoisotopic (exact) mass is 185 g/mol. The minimum Gasteiger partial charge on any atom is -0.496 e. The summed E-state index contributed by atoms with van der Waals surface area (Å²) in [6, 6.07) is 0. The van der Waals surface area contributed by atoms with Gasteiger partial charge in [0.05, 0.1) is 12.1 Å². The third kappa shape index (κ3) is 2.04. The van der Waals surface area contributed by atoms with Crippen LogP contribution < -0.4 is 0 Å². The van der Waals surface area contributed by atoms with Gasteiger partial charge in [0, 0.05) is 0 Å². The van der Waals surface area contributed by atoms with E-state index in [4.69, 9.17) is 16.3 Å². The summed E-state index contributed by atoms with van der Waals surface area (Å²) in [5.74, 6) is 2.68. The van der Waals surface area contributed by atoms with Crippen LogP contribution in [0.2, 0.25) is 0 Å². The highest BCUT2D eigenvalue weighted by molar-refractivity contribution is 6.31. The van der Waals surface area contributed by atoms with E-state index in [1.165, 1.54) is 5.92 Å². The molecule has 0 aromatic carbocycles. The average molecular weight is 186 g/mol. The first kappa shape index (κ1) is 9.66. The Balaban J connectivity index is 2.73. The summed E-state index contributed by atoms with van der Waals surface area (Å²) in [6.45, 7) is 4.25. The Morgan fingerprint density at radius 2 is 2.25 bits per heavy atom. The summed E-state index contributed by atoms with van der Waals surface area (Å²) in [7, 11) is 1.65. The van der Waals surface area contributed by atoms with E-state index in [2.05, 4.69) is 19.9 Å². The molecule has 0 saturated carbocycles. The Labute approximate surface area is 79.1 Å². The Kier molecular flexibility index (Phi) is 3.21. The van der Waals surface area contributed by atoms with E-state index < -0.39 is 0 Å². The van der Waals surface area contributed by atoms with Gasteiger partial charge in [-0.15, -0.1) is 0 Å². The lowest BCUT2D eigenvalue weighted by molar-refractivity contribution is 0.297. The molecule has 0 fully saturated rings. The van der Waals surface area contributed by atoms with Crippen LogP contribution in [0.3, 0.4) is 0 Å². The van der Waals surface area contributed by atoms with Gasteiger partial charge in [0.15, 0.2) is 0 Å². The van der Waals surface area contributed by atoms with Gasteiger partial charge in [0.25, 0.3) is 0 Å². The molecule has 0 bridgehead atoms. The smallest absolute Gasteiger partial charge is 0.133 e. The van der Waals surface area contributed by atoms with Crippen molar-refractivity contribution in [1.29, 1.82) is 0 Å². The number of hydrogen-bond donors (Lipinski definition) is 0. The maximum absolute atomic E-state index is 5.91. The fraction of sp³-hybridized carbons (Fsp3) is 0.500. The summed E-state index contributed by atoms with van der Waals surface area (Å²) >= 11 is 5.91. The van der Waals surface area contributed by atoms with Gasteiger partial charge in [0.1, 0.15) is 5.76 Å². The quantitative estimate of drug-likeness (QED) is 0.642. The number of hydrogen-bond acceptors (Lipinski definition) is 1. The van der Waals surface area contributed by atoms with E-state index in [1.807, 2.05) is 6.08 Å². The Morgan fingerprint density at radius 1 is 1.58 bits per heavy atom. The van der Waals surface area contributed by atoms with Crippen molar-refractivity contribution in [1.82, 2.24) is 0 Å². The fourth-order valence-corrected chi connectivity index (χ4v) is 1.46. The van der Waals surface area contributed by atoms with E-state index in [9.17, 15) is 0 Å². The largest absolute Gasteiger partial charge is 0.496 e. The van der Waals surface area contributed by atoms with Crippen molar-refractivity contribution >= 4 is 11.6 Å². The second-order valence-electron chi connectivity index (χ2n) is 3.21. The lowest BCUT2D eigenvalue weighted by Gasteiger charge is -2.20. The van der Waals surface area contributed by atoms with E-state index in [0.29, 0.717) is 5.92 Å². The van der Waals surface area contributed by atoms with Crippen molar-refractivity contribution in [2.45, 2.75) is 20.3 Å². The molecule has 1 rings (SSSR count). The second-order valence-corrected chi connectivity index (χ2v) is 3.61. The zero-order valence-electron chi connectivity index (χ0n) is 7.73. The average Bonchev–Trinajstić information content (AvgIpc) is 2.05. The highest BCUT2D eigenvalue weighted by Gasteiger charge is 2.17. The first-order chi connectivity index (χ1) is 5.65. The van der Waals surface area contributed by atoms with Crippen molar-refractivity contribution in [3.05, 3.63) is 28.9 Å². The lowest BCUT2D eigenvalue weighted by atomic mass is 9.89. The maximum atomic E-state index is 5.91. The summed E-state index contributed by atoms with van der Waals surface area (Å²) in [5, 5.41) is 0.731. The zero-order valence-corrected chi connectivity index (χ0v) is 8.48. The number of ether oxygens (including phenoxy) is 1. The van der Waals surface area contributed by atoms with Crippen LogP contribution >= 0.6 is 11.6 Å². The van der Waals surface area contributed by atoms with Gasteiger partial charge in [-0.25, -0.2) is 0 Å². The molecule has 0 aromatic heterocycles. The van der Waals surface area contributed by atoms with Crippen molar-refractivity contribution in [3.8, 4) is 0 Å². The van der Waals surface area contributed by atoms with Gasteiger partial charge < -0.3 is 4.74 Å². The van der Waals surface area contributed by atoms with Crippen molar-refractivity contribution < 1.29 is 4.74 Å². The Morgan fingerprint density at radius 3 is 2.75 bits per heavy atom.